The van der Waals surface area contributed by atoms with E-state index in [0.29, 0.717) is 6.54 Å². The minimum Gasteiger partial charge on any atom is -0.324 e. The Morgan fingerprint density at radius 3 is 2.71 bits per heavy atom. The molecule has 1 aromatic carbocycles. The van der Waals surface area contributed by atoms with Gasteiger partial charge in [0.2, 0.25) is 0 Å². The standard InChI is InChI=1S/C17H19N3O/c21-17(19-8-2-1-3-9-19)20-12-11-18-10-7-14-5-4-6-15(13-20)16(14)18/h4-7,10-12H,1-3,8-9,13H2. The number of carbonyl (C=O) groups excluding carboxylic acids is 1. The van der Waals surface area contributed by atoms with Gasteiger partial charge in [-0.3, -0.25) is 4.90 Å². The minimum atomic E-state index is 0.133. The second-order valence-electron chi connectivity index (χ2n) is 5.83. The van der Waals surface area contributed by atoms with Crippen molar-refractivity contribution < 1.29 is 4.79 Å². The molecule has 1 aromatic heterocycles. The van der Waals surface area contributed by atoms with Crippen LogP contribution >= 0.6 is 0 Å². The lowest BCUT2D eigenvalue weighted by molar-refractivity contribution is 0.157. The Morgan fingerprint density at radius 2 is 1.86 bits per heavy atom. The van der Waals surface area contributed by atoms with Crippen molar-refractivity contribution >= 4 is 23.1 Å². The molecule has 0 spiro atoms. The fourth-order valence-electron chi connectivity index (χ4n) is 3.33. The lowest BCUT2D eigenvalue weighted by Crippen LogP contribution is -2.42. The molecule has 2 aromatic rings. The average Bonchev–Trinajstić information content (AvgIpc) is 2.85. The zero-order valence-corrected chi connectivity index (χ0v) is 12.0. The molecule has 0 saturated carbocycles. The Labute approximate surface area is 124 Å². The van der Waals surface area contributed by atoms with Crippen molar-refractivity contribution in [3.05, 3.63) is 42.2 Å². The number of rotatable bonds is 0. The quantitative estimate of drug-likeness (QED) is 0.726. The number of benzene rings is 1. The van der Waals surface area contributed by atoms with E-state index in [1.807, 2.05) is 22.2 Å². The molecule has 2 aliphatic heterocycles. The number of nitrogens with zero attached hydrogens (tertiary/aromatic N) is 3. The average molecular weight is 281 g/mol. The van der Waals surface area contributed by atoms with Gasteiger partial charge < -0.3 is 9.47 Å². The van der Waals surface area contributed by atoms with Crippen molar-refractivity contribution in [1.29, 1.82) is 0 Å². The van der Waals surface area contributed by atoms with E-state index in [-0.39, 0.29) is 6.03 Å². The molecule has 2 aliphatic rings. The summed E-state index contributed by atoms with van der Waals surface area (Å²) in [6.07, 6.45) is 9.44. The molecule has 3 heterocycles. The molecule has 0 atom stereocenters. The number of piperidine rings is 1. The van der Waals surface area contributed by atoms with Crippen molar-refractivity contribution in [3.8, 4) is 0 Å². The van der Waals surface area contributed by atoms with Crippen LogP contribution < -0.4 is 0 Å². The maximum atomic E-state index is 12.7. The summed E-state index contributed by atoms with van der Waals surface area (Å²) < 4.78 is 2.11. The Hall–Kier alpha value is -2.23. The van der Waals surface area contributed by atoms with Gasteiger partial charge >= 0.3 is 6.03 Å². The SMILES string of the molecule is O=C(N1C=Cn2ccc3cccc(c32)C1)N1CCCCC1. The molecule has 21 heavy (non-hydrogen) atoms. The summed E-state index contributed by atoms with van der Waals surface area (Å²) in [5, 5.41) is 1.23. The maximum absolute atomic E-state index is 12.7. The van der Waals surface area contributed by atoms with Crippen LogP contribution in [0.15, 0.2) is 36.7 Å². The maximum Gasteiger partial charge on any atom is 0.324 e. The molecule has 4 heteroatoms. The molecule has 4 nitrogen and oxygen atoms in total. The fraction of sp³-hybridized carbons (Fsp3) is 0.353. The smallest absolute Gasteiger partial charge is 0.324 e. The summed E-state index contributed by atoms with van der Waals surface area (Å²) in [4.78, 5) is 16.5. The first-order chi connectivity index (χ1) is 10.3. The highest BCUT2D eigenvalue weighted by Crippen LogP contribution is 2.25. The van der Waals surface area contributed by atoms with Crippen LogP contribution in [0, 0.1) is 0 Å². The molecule has 2 amide bonds. The summed E-state index contributed by atoms with van der Waals surface area (Å²) in [7, 11) is 0. The van der Waals surface area contributed by atoms with Gasteiger partial charge in [-0.2, -0.15) is 0 Å². The third-order valence-corrected chi connectivity index (χ3v) is 4.44. The molecule has 0 aliphatic carbocycles. The predicted octanol–water partition coefficient (Wildman–Crippen LogP) is 3.49. The van der Waals surface area contributed by atoms with E-state index < -0.39 is 0 Å². The third kappa shape index (κ3) is 2.11. The summed E-state index contributed by atoms with van der Waals surface area (Å²) >= 11 is 0. The molecule has 0 N–H and O–H groups in total. The largest absolute Gasteiger partial charge is 0.324 e. The van der Waals surface area contributed by atoms with Crippen LogP contribution in [-0.4, -0.2) is 33.5 Å². The molecule has 4 rings (SSSR count). The first kappa shape index (κ1) is 12.5. The molecule has 0 radical (unpaired) electrons. The van der Waals surface area contributed by atoms with Gasteiger partial charge in [0.05, 0.1) is 12.1 Å². The molecule has 1 saturated heterocycles. The fourth-order valence-corrected chi connectivity index (χ4v) is 3.33. The lowest BCUT2D eigenvalue weighted by Gasteiger charge is -2.31. The number of amides is 2. The summed E-state index contributed by atoms with van der Waals surface area (Å²) in [5.74, 6) is 0. The summed E-state index contributed by atoms with van der Waals surface area (Å²) in [6.45, 7) is 2.42. The number of carbonyl (C=O) groups is 1. The van der Waals surface area contributed by atoms with Crippen LogP contribution in [0.5, 0.6) is 0 Å². The van der Waals surface area contributed by atoms with Crippen LogP contribution in [0.1, 0.15) is 24.8 Å². The van der Waals surface area contributed by atoms with Crippen molar-refractivity contribution in [2.75, 3.05) is 13.1 Å². The van der Waals surface area contributed by atoms with Gasteiger partial charge in [0.15, 0.2) is 0 Å². The van der Waals surface area contributed by atoms with Crippen LogP contribution in [0.2, 0.25) is 0 Å². The van der Waals surface area contributed by atoms with E-state index in [2.05, 4.69) is 35.0 Å². The molecule has 108 valence electrons. The minimum absolute atomic E-state index is 0.133. The van der Waals surface area contributed by atoms with Gasteiger partial charge in [-0.25, -0.2) is 4.79 Å². The molecule has 0 bridgehead atoms. The highest BCUT2D eigenvalue weighted by atomic mass is 16.2. The lowest BCUT2D eigenvalue weighted by atomic mass is 10.1. The van der Waals surface area contributed by atoms with Gasteiger partial charge in [0.1, 0.15) is 0 Å². The number of para-hydroxylation sites is 1. The van der Waals surface area contributed by atoms with Gasteiger partial charge in [-0.15, -0.1) is 0 Å². The number of urea groups is 1. The monoisotopic (exact) mass is 281 g/mol. The molecule has 1 fully saturated rings. The van der Waals surface area contributed by atoms with E-state index in [4.69, 9.17) is 0 Å². The zero-order valence-electron chi connectivity index (χ0n) is 12.0. The van der Waals surface area contributed by atoms with E-state index >= 15 is 0 Å². The number of likely N-dealkylation sites (tertiary alicyclic amines) is 1. The van der Waals surface area contributed by atoms with Crippen LogP contribution in [0.25, 0.3) is 17.1 Å². The van der Waals surface area contributed by atoms with Crippen molar-refractivity contribution in [1.82, 2.24) is 14.4 Å². The van der Waals surface area contributed by atoms with Crippen LogP contribution in [0.4, 0.5) is 4.79 Å². The second kappa shape index (κ2) is 4.95. The Bertz CT molecular complexity index is 710. The van der Waals surface area contributed by atoms with E-state index in [9.17, 15) is 4.79 Å². The van der Waals surface area contributed by atoms with Gasteiger partial charge in [-0.05, 0) is 30.9 Å². The molecular weight excluding hydrogens is 262 g/mol. The van der Waals surface area contributed by atoms with Gasteiger partial charge in [0, 0.05) is 37.1 Å². The predicted molar refractivity (Wildman–Crippen MR) is 83.6 cm³/mol. The first-order valence-corrected chi connectivity index (χ1v) is 7.65. The van der Waals surface area contributed by atoms with E-state index in [1.165, 1.54) is 22.9 Å². The van der Waals surface area contributed by atoms with Crippen LogP contribution in [0.3, 0.4) is 0 Å². The van der Waals surface area contributed by atoms with Crippen molar-refractivity contribution in [2.45, 2.75) is 25.8 Å². The Balaban J connectivity index is 1.66. The number of hydrogen-bond donors (Lipinski definition) is 0. The normalized spacial score (nSPS) is 18.1. The van der Waals surface area contributed by atoms with Crippen molar-refractivity contribution in [2.24, 2.45) is 0 Å². The van der Waals surface area contributed by atoms with Crippen LogP contribution in [-0.2, 0) is 6.54 Å². The van der Waals surface area contributed by atoms with Gasteiger partial charge in [0.25, 0.3) is 0 Å². The van der Waals surface area contributed by atoms with E-state index in [1.54, 1.807) is 0 Å². The number of aromatic nitrogens is 1. The Morgan fingerprint density at radius 1 is 1.00 bits per heavy atom. The first-order valence-electron chi connectivity index (χ1n) is 7.65. The highest BCUT2D eigenvalue weighted by molar-refractivity contribution is 5.87. The molecular formula is C17H19N3O. The number of hydrogen-bond acceptors (Lipinski definition) is 1. The summed E-state index contributed by atoms with van der Waals surface area (Å²) in [5.41, 5.74) is 2.41. The van der Waals surface area contributed by atoms with Gasteiger partial charge in [-0.1, -0.05) is 18.2 Å². The van der Waals surface area contributed by atoms with E-state index in [0.717, 1.165) is 25.9 Å². The highest BCUT2D eigenvalue weighted by Gasteiger charge is 2.23. The zero-order chi connectivity index (χ0) is 14.2. The Kier molecular flexibility index (Phi) is 2.95. The second-order valence-corrected chi connectivity index (χ2v) is 5.83. The molecule has 0 unspecified atom stereocenters. The topological polar surface area (TPSA) is 28.5 Å². The summed E-state index contributed by atoms with van der Waals surface area (Å²) in [6, 6.07) is 8.55. The third-order valence-electron chi connectivity index (χ3n) is 4.44. The van der Waals surface area contributed by atoms with Crippen molar-refractivity contribution in [3.63, 3.8) is 0 Å².